The molecule has 0 bridgehead atoms. The normalized spacial score (nSPS) is 13.7. The van der Waals surface area contributed by atoms with Crippen molar-refractivity contribution in [2.45, 2.75) is 26.7 Å². The van der Waals surface area contributed by atoms with Crippen LogP contribution in [0.5, 0.6) is 0 Å². The van der Waals surface area contributed by atoms with Gasteiger partial charge in [0.15, 0.2) is 0 Å². The molecule has 0 aromatic carbocycles. The summed E-state index contributed by atoms with van der Waals surface area (Å²) in [5.41, 5.74) is 1.32. The third kappa shape index (κ3) is 1.62. The number of rotatable bonds is 2. The number of nitrogens with zero attached hydrogens (tertiary/aromatic N) is 1. The first kappa shape index (κ1) is 10.1. The van der Waals surface area contributed by atoms with Gasteiger partial charge in [-0.15, -0.1) is 0 Å². The molecule has 0 saturated carbocycles. The van der Waals surface area contributed by atoms with Crippen molar-refractivity contribution in [3.63, 3.8) is 0 Å². The molecule has 2 heterocycles. The van der Waals surface area contributed by atoms with Crippen LogP contribution in [-0.2, 0) is 0 Å². The summed E-state index contributed by atoms with van der Waals surface area (Å²) < 4.78 is 14.1. The summed E-state index contributed by atoms with van der Waals surface area (Å²) in [6.07, 6.45) is 3.35. The van der Waals surface area contributed by atoms with Crippen LogP contribution in [-0.4, -0.2) is 9.97 Å². The van der Waals surface area contributed by atoms with Gasteiger partial charge in [-0.25, -0.2) is 9.37 Å². The number of hydrogen-bond acceptors (Lipinski definition) is 1. The lowest BCUT2D eigenvalue weighted by molar-refractivity contribution is 0.503. The Morgan fingerprint density at radius 2 is 2.07 bits per heavy atom. The minimum atomic E-state index is -0.137. The minimum absolute atomic E-state index is 0.137. The fraction of sp³-hybridized carbons (Fsp3) is 0.417. The third-order valence-corrected chi connectivity index (χ3v) is 3.04. The number of nitrogens with one attached hydrogen (secondary N) is 1. The molecule has 2 aromatic heterocycles. The van der Waals surface area contributed by atoms with Gasteiger partial charge < -0.3 is 4.98 Å². The predicted molar refractivity (Wildman–Crippen MR) is 59.3 cm³/mol. The minimum Gasteiger partial charge on any atom is -0.346 e. The van der Waals surface area contributed by atoms with Gasteiger partial charge in [0.2, 0.25) is 0 Å². The van der Waals surface area contributed by atoms with E-state index < -0.39 is 0 Å². The summed E-state index contributed by atoms with van der Waals surface area (Å²) in [6.45, 7) is 6.21. The summed E-state index contributed by atoms with van der Waals surface area (Å²) in [6, 6.07) is 1.73. The van der Waals surface area contributed by atoms with E-state index in [1.54, 1.807) is 18.5 Å². The number of aromatic amines is 1. The second kappa shape index (κ2) is 3.65. The molecule has 1 atom stereocenters. The van der Waals surface area contributed by atoms with E-state index in [0.717, 1.165) is 0 Å². The number of halogens is 1. The molecule has 2 nitrogen and oxygen atoms in total. The molecular weight excluding hydrogens is 191 g/mol. The fourth-order valence-electron chi connectivity index (χ4n) is 1.67. The van der Waals surface area contributed by atoms with Crippen molar-refractivity contribution in [2.24, 2.45) is 5.92 Å². The monoisotopic (exact) mass is 206 g/mol. The van der Waals surface area contributed by atoms with E-state index in [2.05, 4.69) is 23.8 Å². The molecule has 0 aliphatic rings. The third-order valence-electron chi connectivity index (χ3n) is 3.04. The van der Waals surface area contributed by atoms with Gasteiger partial charge in [0, 0.05) is 18.0 Å². The van der Waals surface area contributed by atoms with Gasteiger partial charge in [-0.1, -0.05) is 20.8 Å². The topological polar surface area (TPSA) is 28.7 Å². The van der Waals surface area contributed by atoms with Gasteiger partial charge in [0.05, 0.1) is 5.39 Å². The predicted octanol–water partition coefficient (Wildman–Crippen LogP) is 3.46. The first-order valence-electron chi connectivity index (χ1n) is 5.22. The van der Waals surface area contributed by atoms with Crippen LogP contribution in [0, 0.1) is 11.7 Å². The summed E-state index contributed by atoms with van der Waals surface area (Å²) in [7, 11) is 0. The van der Waals surface area contributed by atoms with Crippen molar-refractivity contribution >= 4 is 11.0 Å². The number of aromatic nitrogens is 2. The van der Waals surface area contributed by atoms with E-state index >= 15 is 0 Å². The lowest BCUT2D eigenvalue weighted by atomic mass is 9.91. The smallest absolute Gasteiger partial charge is 0.140 e. The van der Waals surface area contributed by atoms with E-state index in [1.165, 1.54) is 0 Å². The fourth-order valence-corrected chi connectivity index (χ4v) is 1.67. The molecule has 0 amide bonds. The van der Waals surface area contributed by atoms with Crippen molar-refractivity contribution in [1.29, 1.82) is 0 Å². The lowest BCUT2D eigenvalue weighted by Crippen LogP contribution is -2.05. The van der Waals surface area contributed by atoms with Gasteiger partial charge in [0.25, 0.3) is 0 Å². The maximum Gasteiger partial charge on any atom is 0.140 e. The van der Waals surface area contributed by atoms with E-state index in [1.807, 2.05) is 6.92 Å². The second-order valence-electron chi connectivity index (χ2n) is 4.30. The largest absolute Gasteiger partial charge is 0.346 e. The summed E-state index contributed by atoms with van der Waals surface area (Å²) in [4.78, 5) is 7.11. The van der Waals surface area contributed by atoms with Gasteiger partial charge >= 0.3 is 0 Å². The molecule has 1 N–H and O–H groups in total. The molecule has 3 heteroatoms. The molecule has 0 radical (unpaired) electrons. The van der Waals surface area contributed by atoms with Crippen LogP contribution >= 0.6 is 0 Å². The van der Waals surface area contributed by atoms with E-state index in [4.69, 9.17) is 0 Å². The molecule has 0 saturated heterocycles. The zero-order valence-corrected chi connectivity index (χ0v) is 9.21. The van der Waals surface area contributed by atoms with Crippen LogP contribution < -0.4 is 0 Å². The van der Waals surface area contributed by atoms with Gasteiger partial charge in [0.1, 0.15) is 11.5 Å². The van der Waals surface area contributed by atoms with Gasteiger partial charge in [-0.05, 0) is 17.9 Å². The molecule has 15 heavy (non-hydrogen) atoms. The highest BCUT2D eigenvalue weighted by molar-refractivity contribution is 5.76. The molecule has 1 unspecified atom stereocenters. The van der Waals surface area contributed by atoms with Crippen molar-refractivity contribution in [2.75, 3.05) is 0 Å². The highest BCUT2D eigenvalue weighted by Gasteiger charge is 2.17. The quantitative estimate of drug-likeness (QED) is 0.800. The van der Waals surface area contributed by atoms with Crippen LogP contribution in [0.4, 0.5) is 4.39 Å². The van der Waals surface area contributed by atoms with Gasteiger partial charge in [-0.3, -0.25) is 0 Å². The summed E-state index contributed by atoms with van der Waals surface area (Å²) in [5, 5.41) is 0.583. The molecule has 80 valence electrons. The molecule has 0 fully saturated rings. The maximum atomic E-state index is 14.1. The standard InChI is InChI=1S/C12H15FN2/c1-7(2)8(3)10-6-15-12-9(11(10)13)4-5-14-12/h4-8H,1-3H3,(H,14,15). The number of H-pyrrole nitrogens is 1. The summed E-state index contributed by atoms with van der Waals surface area (Å²) >= 11 is 0. The molecular formula is C12H15FN2. The number of hydrogen-bond donors (Lipinski definition) is 1. The van der Waals surface area contributed by atoms with Crippen molar-refractivity contribution in [3.05, 3.63) is 29.8 Å². The molecule has 0 aliphatic carbocycles. The Labute approximate surface area is 88.5 Å². The summed E-state index contributed by atoms with van der Waals surface area (Å²) in [5.74, 6) is 0.469. The Hall–Kier alpha value is -1.38. The first-order chi connectivity index (χ1) is 7.11. The van der Waals surface area contributed by atoms with Crippen molar-refractivity contribution in [1.82, 2.24) is 9.97 Å². The molecule has 2 aromatic rings. The Bertz CT molecular complexity index is 473. The van der Waals surface area contributed by atoms with Crippen LogP contribution in [0.25, 0.3) is 11.0 Å². The highest BCUT2D eigenvalue weighted by atomic mass is 19.1. The zero-order valence-electron chi connectivity index (χ0n) is 9.21. The molecule has 2 rings (SSSR count). The number of fused-ring (bicyclic) bond motifs is 1. The zero-order chi connectivity index (χ0) is 11.0. The van der Waals surface area contributed by atoms with E-state index in [0.29, 0.717) is 22.5 Å². The Morgan fingerprint density at radius 3 is 2.73 bits per heavy atom. The average Bonchev–Trinajstić information content (AvgIpc) is 2.66. The Balaban J connectivity index is 2.57. The van der Waals surface area contributed by atoms with E-state index in [-0.39, 0.29) is 11.7 Å². The molecule has 0 aliphatic heterocycles. The first-order valence-corrected chi connectivity index (χ1v) is 5.22. The SMILES string of the molecule is CC(C)C(C)c1cnc2[nH]ccc2c1F. The van der Waals surface area contributed by atoms with Crippen LogP contribution in [0.15, 0.2) is 18.5 Å². The number of pyridine rings is 1. The molecule has 0 spiro atoms. The Kier molecular flexibility index (Phi) is 2.47. The lowest BCUT2D eigenvalue weighted by Gasteiger charge is -2.16. The van der Waals surface area contributed by atoms with Gasteiger partial charge in [-0.2, -0.15) is 0 Å². The maximum absolute atomic E-state index is 14.1. The Morgan fingerprint density at radius 1 is 1.33 bits per heavy atom. The van der Waals surface area contributed by atoms with Crippen LogP contribution in [0.3, 0.4) is 0 Å². The van der Waals surface area contributed by atoms with E-state index in [9.17, 15) is 4.39 Å². The average molecular weight is 206 g/mol. The second-order valence-corrected chi connectivity index (χ2v) is 4.30. The highest BCUT2D eigenvalue weighted by Crippen LogP contribution is 2.28. The van der Waals surface area contributed by atoms with Crippen LogP contribution in [0.1, 0.15) is 32.3 Å². The van der Waals surface area contributed by atoms with Crippen molar-refractivity contribution in [3.8, 4) is 0 Å². The van der Waals surface area contributed by atoms with Crippen molar-refractivity contribution < 1.29 is 4.39 Å². The van der Waals surface area contributed by atoms with Crippen LogP contribution in [0.2, 0.25) is 0 Å².